The van der Waals surface area contributed by atoms with E-state index in [1.54, 1.807) is 25.4 Å². The number of imidazole rings is 1. The molecule has 0 aliphatic carbocycles. The summed E-state index contributed by atoms with van der Waals surface area (Å²) in [5.74, 6) is -0.958. The molecule has 0 spiro atoms. The zero-order valence-electron chi connectivity index (χ0n) is 19.7. The van der Waals surface area contributed by atoms with Crippen molar-refractivity contribution in [1.82, 2.24) is 19.4 Å². The van der Waals surface area contributed by atoms with Crippen molar-refractivity contribution in [2.45, 2.75) is 10.6 Å². The Bertz CT molecular complexity index is 1640. The molecule has 0 bridgehead atoms. The van der Waals surface area contributed by atoms with E-state index in [-0.39, 0.29) is 22.3 Å². The van der Waals surface area contributed by atoms with E-state index in [0.717, 1.165) is 0 Å². The van der Waals surface area contributed by atoms with Crippen molar-refractivity contribution in [1.29, 1.82) is 0 Å². The molecule has 2 N–H and O–H groups in total. The van der Waals surface area contributed by atoms with Gasteiger partial charge in [0.2, 0.25) is 5.03 Å². The highest BCUT2D eigenvalue weighted by Gasteiger charge is 2.49. The minimum absolute atomic E-state index is 0.00969. The number of benzene rings is 2. The molecule has 1 aliphatic rings. The van der Waals surface area contributed by atoms with Gasteiger partial charge in [-0.3, -0.25) is 14.7 Å². The average molecular weight is 521 g/mol. The Kier molecular flexibility index (Phi) is 5.75. The number of carbonyl (C=O) groups excluding carboxylic acids is 1. The minimum atomic E-state index is -4.16. The Hall–Kier alpha value is -4.58. The fourth-order valence-corrected chi connectivity index (χ4v) is 5.04. The van der Waals surface area contributed by atoms with Crippen LogP contribution in [0.2, 0.25) is 0 Å². The van der Waals surface area contributed by atoms with Crippen LogP contribution in [-0.2, 0) is 27.5 Å². The summed E-state index contributed by atoms with van der Waals surface area (Å²) in [5, 5.41) is -0.241. The third-order valence-electron chi connectivity index (χ3n) is 6.01. The molecule has 1 atom stereocenters. The van der Waals surface area contributed by atoms with Gasteiger partial charge in [0.05, 0.1) is 6.33 Å². The second-order valence-electron chi connectivity index (χ2n) is 8.42. The first-order chi connectivity index (χ1) is 17.6. The van der Waals surface area contributed by atoms with Crippen LogP contribution in [0.3, 0.4) is 0 Å². The number of likely N-dealkylation sites (N-methyl/N-ethyl adjacent to an activating group) is 1. The van der Waals surface area contributed by atoms with Crippen LogP contribution in [0.1, 0.15) is 11.1 Å². The molecular formula is C25H21FN6O4S. The summed E-state index contributed by atoms with van der Waals surface area (Å²) in [5.41, 5.74) is 5.94. The van der Waals surface area contributed by atoms with E-state index in [2.05, 4.69) is 15.0 Å². The number of aryl methyl sites for hydroxylation is 1. The van der Waals surface area contributed by atoms with Gasteiger partial charge in [-0.15, -0.1) is 0 Å². The van der Waals surface area contributed by atoms with Crippen molar-refractivity contribution in [3.63, 3.8) is 0 Å². The zero-order valence-corrected chi connectivity index (χ0v) is 20.6. The Labute approximate surface area is 212 Å². The van der Waals surface area contributed by atoms with Gasteiger partial charge in [-0.1, -0.05) is 24.3 Å². The molecule has 0 fully saturated rings. The van der Waals surface area contributed by atoms with E-state index in [0.29, 0.717) is 16.7 Å². The molecule has 4 aromatic rings. The van der Waals surface area contributed by atoms with Crippen molar-refractivity contribution in [3.05, 3.63) is 96.5 Å². The number of amides is 1. The van der Waals surface area contributed by atoms with Gasteiger partial charge >= 0.3 is 10.1 Å². The maximum Gasteiger partial charge on any atom is 0.358 e. The quantitative estimate of drug-likeness (QED) is 0.386. The first kappa shape index (κ1) is 24.1. The number of nitrogens with zero attached hydrogens (tertiary/aromatic N) is 5. The zero-order chi connectivity index (χ0) is 26.4. The molecule has 0 saturated carbocycles. The van der Waals surface area contributed by atoms with Gasteiger partial charge < -0.3 is 14.5 Å². The summed E-state index contributed by atoms with van der Waals surface area (Å²) in [4.78, 5) is 27.1. The van der Waals surface area contributed by atoms with Crippen LogP contribution in [0.5, 0.6) is 5.75 Å². The highest BCUT2D eigenvalue weighted by molar-refractivity contribution is 7.87. The fraction of sp³-hybridized carbons (Fsp3) is 0.120. The van der Waals surface area contributed by atoms with Crippen molar-refractivity contribution >= 4 is 22.0 Å². The SMILES string of the molecule is CN1C(=O)C(c2ccc(OS(=O)(=O)c3cn(C)cn3)cc2)(c2ccc(F)c(-c3cccnc3)c2)N=C1N. The van der Waals surface area contributed by atoms with Crippen LogP contribution < -0.4 is 9.92 Å². The highest BCUT2D eigenvalue weighted by atomic mass is 32.2. The first-order valence-corrected chi connectivity index (χ1v) is 12.4. The van der Waals surface area contributed by atoms with E-state index in [4.69, 9.17) is 9.92 Å². The number of aromatic nitrogens is 3. The summed E-state index contributed by atoms with van der Waals surface area (Å²) in [6.45, 7) is 0. The van der Waals surface area contributed by atoms with Crippen LogP contribution in [0.15, 0.2) is 89.5 Å². The van der Waals surface area contributed by atoms with E-state index in [1.165, 1.54) is 77.7 Å². The lowest BCUT2D eigenvalue weighted by molar-refractivity contribution is -0.129. The number of halogens is 1. The molecule has 1 amide bonds. The molecule has 10 nitrogen and oxygen atoms in total. The molecule has 0 saturated heterocycles. The normalized spacial score (nSPS) is 17.6. The summed E-state index contributed by atoms with van der Waals surface area (Å²) in [7, 11) is -1.04. The molecule has 0 radical (unpaired) electrons. The number of carbonyl (C=O) groups is 1. The van der Waals surface area contributed by atoms with Gasteiger partial charge in [0.1, 0.15) is 11.6 Å². The monoisotopic (exact) mass is 520 g/mol. The second kappa shape index (κ2) is 8.82. The number of aliphatic imine (C=N–C) groups is 1. The lowest BCUT2D eigenvalue weighted by Crippen LogP contribution is -2.41. The summed E-state index contributed by atoms with van der Waals surface area (Å²) < 4.78 is 46.6. The molecule has 188 valence electrons. The van der Waals surface area contributed by atoms with Crippen LogP contribution in [0.25, 0.3) is 11.1 Å². The average Bonchev–Trinajstić information content (AvgIpc) is 3.43. The summed E-state index contributed by atoms with van der Waals surface area (Å²) in [6, 6.07) is 13.5. The molecule has 2 aromatic carbocycles. The van der Waals surface area contributed by atoms with Gasteiger partial charge in [0.25, 0.3) is 5.91 Å². The van der Waals surface area contributed by atoms with E-state index in [9.17, 15) is 17.6 Å². The van der Waals surface area contributed by atoms with Crippen LogP contribution in [0, 0.1) is 5.82 Å². The second-order valence-corrected chi connectivity index (χ2v) is 9.91. The molecule has 5 rings (SSSR count). The lowest BCUT2D eigenvalue weighted by Gasteiger charge is -2.27. The van der Waals surface area contributed by atoms with Crippen LogP contribution >= 0.6 is 0 Å². The Balaban J connectivity index is 1.58. The third-order valence-corrected chi connectivity index (χ3v) is 7.15. The molecule has 12 heteroatoms. The van der Waals surface area contributed by atoms with Gasteiger partial charge in [-0.05, 0) is 41.5 Å². The van der Waals surface area contributed by atoms with E-state index >= 15 is 0 Å². The predicted molar refractivity (Wildman–Crippen MR) is 132 cm³/mol. The Morgan fingerprint density at radius 3 is 2.38 bits per heavy atom. The lowest BCUT2D eigenvalue weighted by atomic mass is 9.81. The number of rotatable bonds is 6. The van der Waals surface area contributed by atoms with Gasteiger partial charge in [-0.25, -0.2) is 14.4 Å². The maximum absolute atomic E-state index is 14.8. The third kappa shape index (κ3) is 4.10. The first-order valence-electron chi connectivity index (χ1n) is 11.0. The smallest absolute Gasteiger partial charge is 0.358 e. The summed E-state index contributed by atoms with van der Waals surface area (Å²) in [6.07, 6.45) is 5.75. The number of pyridine rings is 1. The molecule has 1 unspecified atom stereocenters. The van der Waals surface area contributed by atoms with Crippen molar-refractivity contribution in [2.75, 3.05) is 7.05 Å². The topological polar surface area (TPSA) is 133 Å². The number of nitrogens with two attached hydrogens (primary N) is 1. The minimum Gasteiger partial charge on any atom is -0.378 e. The van der Waals surface area contributed by atoms with Gasteiger partial charge in [0, 0.05) is 43.8 Å². The predicted octanol–water partition coefficient (Wildman–Crippen LogP) is 2.42. The van der Waals surface area contributed by atoms with Crippen molar-refractivity contribution < 1.29 is 21.8 Å². The molecule has 37 heavy (non-hydrogen) atoms. The van der Waals surface area contributed by atoms with E-state index in [1.807, 2.05) is 0 Å². The summed E-state index contributed by atoms with van der Waals surface area (Å²) >= 11 is 0. The molecule has 1 aliphatic heterocycles. The maximum atomic E-state index is 14.8. The van der Waals surface area contributed by atoms with Gasteiger partial charge in [-0.2, -0.15) is 8.42 Å². The van der Waals surface area contributed by atoms with Gasteiger partial charge in [0.15, 0.2) is 11.5 Å². The van der Waals surface area contributed by atoms with Crippen LogP contribution in [-0.4, -0.2) is 46.8 Å². The van der Waals surface area contributed by atoms with Crippen LogP contribution in [0.4, 0.5) is 4.39 Å². The number of hydrogen-bond donors (Lipinski definition) is 1. The molecular weight excluding hydrogens is 499 g/mol. The van der Waals surface area contributed by atoms with E-state index < -0.39 is 27.4 Å². The van der Waals surface area contributed by atoms with Crippen molar-refractivity contribution in [2.24, 2.45) is 17.8 Å². The molecule has 2 aromatic heterocycles. The largest absolute Gasteiger partial charge is 0.378 e. The fourth-order valence-electron chi connectivity index (χ4n) is 4.12. The highest BCUT2D eigenvalue weighted by Crippen LogP contribution is 2.41. The Morgan fingerprint density at radius 2 is 1.78 bits per heavy atom. The standard InChI is InChI=1S/C25H21FN6O4S/c1-31-14-22(29-15-31)37(34,35)36-19-8-5-17(6-9-19)25(23(33)32(2)24(27)30-25)18-7-10-21(26)20(12-18)16-4-3-11-28-13-16/h3-15H,1-2H3,(H2,27,30). The number of guanidine groups is 1. The molecule has 3 heterocycles. The number of hydrogen-bond acceptors (Lipinski definition) is 8. The van der Waals surface area contributed by atoms with Crippen molar-refractivity contribution in [3.8, 4) is 16.9 Å². The Morgan fingerprint density at radius 1 is 1.05 bits per heavy atom.